The molecule has 0 saturated heterocycles. The van der Waals surface area contributed by atoms with Gasteiger partial charge in [-0.2, -0.15) is 4.99 Å². The van der Waals surface area contributed by atoms with Crippen molar-refractivity contribution < 1.29 is 22.7 Å². The molecular weight excluding hydrogens is 510 g/mol. The monoisotopic (exact) mass is 535 g/mol. The highest BCUT2D eigenvalue weighted by Crippen LogP contribution is 2.37. The minimum Gasteiger partial charge on any atom is -0.454 e. The number of para-hydroxylation sites is 1. The zero-order chi connectivity index (χ0) is 25.6. The highest BCUT2D eigenvalue weighted by molar-refractivity contribution is 7.92. The molecule has 2 aliphatic rings. The first-order valence-electron chi connectivity index (χ1n) is 12.2. The van der Waals surface area contributed by atoms with Crippen molar-refractivity contribution in [2.75, 3.05) is 17.6 Å². The number of hydrogen-bond acceptors (Lipinski definition) is 6. The number of fused-ring (bicyclic) bond motifs is 3. The van der Waals surface area contributed by atoms with E-state index < -0.39 is 15.9 Å². The van der Waals surface area contributed by atoms with Crippen molar-refractivity contribution in [3.05, 3.63) is 76.6 Å². The molecule has 3 aromatic carbocycles. The van der Waals surface area contributed by atoms with Gasteiger partial charge in [0.05, 0.1) is 20.8 Å². The predicted molar refractivity (Wildman–Crippen MR) is 142 cm³/mol. The fourth-order valence-corrected chi connectivity index (χ4v) is 7.39. The van der Waals surface area contributed by atoms with E-state index >= 15 is 0 Å². The first-order chi connectivity index (χ1) is 18.0. The molecule has 0 fully saturated rings. The lowest BCUT2D eigenvalue weighted by atomic mass is 10.0. The molecule has 3 heterocycles. The summed E-state index contributed by atoms with van der Waals surface area (Å²) in [4.78, 5) is 18.2. The first kappa shape index (κ1) is 23.7. The molecule has 0 radical (unpaired) electrons. The van der Waals surface area contributed by atoms with Crippen LogP contribution in [-0.2, 0) is 23.0 Å². The summed E-state index contributed by atoms with van der Waals surface area (Å²) in [6.07, 6.45) is 2.49. The number of aromatic nitrogens is 1. The molecule has 0 aliphatic carbocycles. The summed E-state index contributed by atoms with van der Waals surface area (Å²) in [5.74, 6) is 0.938. The van der Waals surface area contributed by atoms with Crippen molar-refractivity contribution in [2.24, 2.45) is 4.99 Å². The van der Waals surface area contributed by atoms with E-state index in [4.69, 9.17) is 9.47 Å². The molecule has 0 atom stereocenters. The van der Waals surface area contributed by atoms with Crippen LogP contribution in [0.1, 0.15) is 35.7 Å². The van der Waals surface area contributed by atoms with Crippen LogP contribution >= 0.6 is 11.3 Å². The fourth-order valence-electron chi connectivity index (χ4n) is 4.78. The molecule has 37 heavy (non-hydrogen) atoms. The standard InChI is InChI=1S/C27H25N3O5S2/c1-2-13-29-22-15-23-24(35-17-34-23)16-25(22)36-27(29)28-26(31)19-9-11-20(12-10-19)37(32,33)30-14-5-7-18-6-3-4-8-21(18)30/h3-4,6,8-12,15-16H,2,5,7,13-14,17H2,1H3. The molecule has 0 N–H and O–H groups in total. The molecule has 0 spiro atoms. The van der Waals surface area contributed by atoms with Gasteiger partial charge in [0.2, 0.25) is 6.79 Å². The van der Waals surface area contributed by atoms with E-state index in [9.17, 15) is 13.2 Å². The second-order valence-corrected chi connectivity index (χ2v) is 11.8. The summed E-state index contributed by atoms with van der Waals surface area (Å²) < 4.78 is 42.3. The van der Waals surface area contributed by atoms with E-state index in [1.807, 2.05) is 41.0 Å². The maximum Gasteiger partial charge on any atom is 0.279 e. The third-order valence-corrected chi connectivity index (χ3v) is 9.45. The van der Waals surface area contributed by atoms with Gasteiger partial charge in [0.1, 0.15) is 0 Å². The van der Waals surface area contributed by atoms with Crippen LogP contribution in [0, 0.1) is 0 Å². The lowest BCUT2D eigenvalue weighted by molar-refractivity contribution is 0.0997. The van der Waals surface area contributed by atoms with E-state index in [1.54, 1.807) is 0 Å². The summed E-state index contributed by atoms with van der Waals surface area (Å²) in [5, 5.41) is 0. The van der Waals surface area contributed by atoms with Gasteiger partial charge in [0, 0.05) is 30.8 Å². The molecule has 0 saturated carbocycles. The summed E-state index contributed by atoms with van der Waals surface area (Å²) in [5.41, 5.74) is 3.00. The third-order valence-electron chi connectivity index (χ3n) is 6.58. The van der Waals surface area contributed by atoms with Gasteiger partial charge in [-0.15, -0.1) is 0 Å². The average Bonchev–Trinajstić information content (AvgIpc) is 3.51. The van der Waals surface area contributed by atoms with Gasteiger partial charge in [-0.05, 0) is 55.2 Å². The largest absolute Gasteiger partial charge is 0.454 e. The molecule has 6 rings (SSSR count). The molecule has 190 valence electrons. The summed E-state index contributed by atoms with van der Waals surface area (Å²) in [7, 11) is -3.75. The van der Waals surface area contributed by atoms with Crippen molar-refractivity contribution >= 4 is 43.2 Å². The van der Waals surface area contributed by atoms with Gasteiger partial charge in [-0.3, -0.25) is 9.10 Å². The lowest BCUT2D eigenvalue weighted by Gasteiger charge is -2.30. The maximum atomic E-state index is 13.4. The van der Waals surface area contributed by atoms with Gasteiger partial charge in [0.15, 0.2) is 16.3 Å². The molecule has 10 heteroatoms. The van der Waals surface area contributed by atoms with Crippen molar-refractivity contribution in [3.63, 3.8) is 0 Å². The smallest absolute Gasteiger partial charge is 0.279 e. The van der Waals surface area contributed by atoms with E-state index in [0.29, 0.717) is 35.0 Å². The van der Waals surface area contributed by atoms with E-state index in [-0.39, 0.29) is 11.7 Å². The molecule has 0 bridgehead atoms. The molecule has 1 amide bonds. The number of hydrogen-bond donors (Lipinski definition) is 0. The zero-order valence-electron chi connectivity index (χ0n) is 20.2. The van der Waals surface area contributed by atoms with Crippen LogP contribution in [0.3, 0.4) is 0 Å². The Bertz CT molecular complexity index is 1690. The van der Waals surface area contributed by atoms with Crippen LogP contribution in [-0.4, -0.2) is 32.2 Å². The van der Waals surface area contributed by atoms with Gasteiger partial charge >= 0.3 is 0 Å². The predicted octanol–water partition coefficient (Wildman–Crippen LogP) is 4.72. The number of anilines is 1. The number of carbonyl (C=O) groups is 1. The average molecular weight is 536 g/mol. The topological polar surface area (TPSA) is 90.2 Å². The van der Waals surface area contributed by atoms with Crippen LogP contribution in [0.4, 0.5) is 5.69 Å². The lowest BCUT2D eigenvalue weighted by Crippen LogP contribution is -2.35. The van der Waals surface area contributed by atoms with Crippen LogP contribution < -0.4 is 18.6 Å². The number of ether oxygens (including phenoxy) is 2. The van der Waals surface area contributed by atoms with E-state index in [0.717, 1.165) is 40.7 Å². The van der Waals surface area contributed by atoms with Gasteiger partial charge in [0.25, 0.3) is 15.9 Å². The normalized spacial score (nSPS) is 15.3. The van der Waals surface area contributed by atoms with Gasteiger partial charge < -0.3 is 14.0 Å². The second-order valence-electron chi connectivity index (χ2n) is 8.96. The van der Waals surface area contributed by atoms with Gasteiger partial charge in [-0.1, -0.05) is 36.5 Å². The SMILES string of the molecule is CCCn1c(=NC(=O)c2ccc(S(=O)(=O)N3CCCc4ccccc43)cc2)sc2cc3c(cc21)OCO3. The Kier molecular flexibility index (Phi) is 6.00. The Morgan fingerprint density at radius 3 is 2.59 bits per heavy atom. The molecule has 0 unspecified atom stereocenters. The summed E-state index contributed by atoms with van der Waals surface area (Å²) in [6.45, 7) is 3.39. The van der Waals surface area contributed by atoms with Crippen LogP contribution in [0.25, 0.3) is 10.2 Å². The summed E-state index contributed by atoms with van der Waals surface area (Å²) in [6, 6.07) is 17.4. The third kappa shape index (κ3) is 4.19. The second kappa shape index (κ2) is 9.35. The van der Waals surface area contributed by atoms with Crippen LogP contribution in [0.5, 0.6) is 11.5 Å². The first-order valence-corrected chi connectivity index (χ1v) is 14.4. The number of thiazole rings is 1. The van der Waals surface area contributed by atoms with Crippen LogP contribution in [0.2, 0.25) is 0 Å². The number of sulfonamides is 1. The number of amides is 1. The molecule has 4 aromatic rings. The Morgan fingerprint density at radius 1 is 1.05 bits per heavy atom. The number of rotatable bonds is 5. The van der Waals surface area contributed by atoms with Crippen LogP contribution in [0.15, 0.2) is 70.6 Å². The maximum absolute atomic E-state index is 13.4. The fraction of sp³-hybridized carbons (Fsp3) is 0.259. The number of nitrogens with zero attached hydrogens (tertiary/aromatic N) is 3. The Balaban J connectivity index is 1.32. The van der Waals surface area contributed by atoms with Crippen molar-refractivity contribution in [1.82, 2.24) is 4.57 Å². The number of benzene rings is 3. The van der Waals surface area contributed by atoms with Crippen molar-refractivity contribution in [1.29, 1.82) is 0 Å². The minimum atomic E-state index is -3.75. The van der Waals surface area contributed by atoms with Crippen molar-refractivity contribution in [3.8, 4) is 11.5 Å². The van der Waals surface area contributed by atoms with E-state index in [1.165, 1.54) is 39.9 Å². The summed E-state index contributed by atoms with van der Waals surface area (Å²) >= 11 is 1.41. The van der Waals surface area contributed by atoms with Crippen molar-refractivity contribution in [2.45, 2.75) is 37.6 Å². The number of aryl methyl sites for hydroxylation is 2. The molecule has 8 nitrogen and oxygen atoms in total. The van der Waals surface area contributed by atoms with E-state index in [2.05, 4.69) is 11.9 Å². The minimum absolute atomic E-state index is 0.151. The molecular formula is C27H25N3O5S2. The Labute approximate surface area is 218 Å². The Morgan fingerprint density at radius 2 is 1.81 bits per heavy atom. The highest BCUT2D eigenvalue weighted by atomic mass is 32.2. The highest BCUT2D eigenvalue weighted by Gasteiger charge is 2.29. The molecule has 1 aromatic heterocycles. The Hall–Kier alpha value is -3.63. The van der Waals surface area contributed by atoms with Gasteiger partial charge in [-0.25, -0.2) is 8.42 Å². The zero-order valence-corrected chi connectivity index (χ0v) is 21.8. The number of carbonyl (C=O) groups excluding carboxylic acids is 1. The molecule has 2 aliphatic heterocycles. The quantitative estimate of drug-likeness (QED) is 0.369.